The molecule has 2 aromatic rings. The van der Waals surface area contributed by atoms with Gasteiger partial charge in [0.15, 0.2) is 0 Å². The number of hydrogen-bond acceptors (Lipinski definition) is 3. The lowest BCUT2D eigenvalue weighted by Gasteiger charge is -2.25. The summed E-state index contributed by atoms with van der Waals surface area (Å²) in [5.74, 6) is 0. The second-order valence-electron chi connectivity index (χ2n) is 7.00. The van der Waals surface area contributed by atoms with Crippen LogP contribution in [0, 0.1) is 0 Å². The van der Waals surface area contributed by atoms with Crippen molar-refractivity contribution in [3.63, 3.8) is 0 Å². The Kier molecular flexibility index (Phi) is 6.03. The van der Waals surface area contributed by atoms with Gasteiger partial charge in [0.1, 0.15) is 0 Å². The molecule has 0 N–H and O–H groups in total. The zero-order chi connectivity index (χ0) is 18.7. The highest BCUT2D eigenvalue weighted by molar-refractivity contribution is 7.89. The molecule has 2 aromatic carbocycles. The summed E-state index contributed by atoms with van der Waals surface area (Å²) in [6.45, 7) is 1.78. The fourth-order valence-electron chi connectivity index (χ4n) is 3.50. The molecule has 0 saturated carbocycles. The fraction of sp³-hybridized carbons (Fsp3) is 0.400. The highest BCUT2D eigenvalue weighted by Gasteiger charge is 2.26. The van der Waals surface area contributed by atoms with Crippen molar-refractivity contribution < 1.29 is 8.42 Å². The van der Waals surface area contributed by atoms with Crippen molar-refractivity contribution in [1.29, 1.82) is 0 Å². The maximum Gasteiger partial charge on any atom is 0.242 e. The number of likely N-dealkylation sites (tertiary alicyclic amines) is 1. The van der Waals surface area contributed by atoms with E-state index in [0.29, 0.717) is 10.9 Å². The van der Waals surface area contributed by atoms with Crippen LogP contribution < -0.4 is 0 Å². The van der Waals surface area contributed by atoms with Crippen molar-refractivity contribution in [2.24, 2.45) is 0 Å². The molecule has 4 nitrogen and oxygen atoms in total. The van der Waals surface area contributed by atoms with Gasteiger partial charge in [0.2, 0.25) is 10.0 Å². The molecule has 1 fully saturated rings. The Bertz CT molecular complexity index is 868. The van der Waals surface area contributed by atoms with E-state index in [0.717, 1.165) is 42.9 Å². The molecule has 1 unspecified atom stereocenters. The van der Waals surface area contributed by atoms with Gasteiger partial charge < -0.3 is 0 Å². The van der Waals surface area contributed by atoms with E-state index in [-0.39, 0.29) is 0 Å². The average Bonchev–Trinajstić information content (AvgIpc) is 3.04. The van der Waals surface area contributed by atoms with Crippen LogP contribution in [0.2, 0.25) is 5.02 Å². The molecule has 0 radical (unpaired) electrons. The lowest BCUT2D eigenvalue weighted by molar-refractivity contribution is 0.244. The molecule has 1 heterocycles. The van der Waals surface area contributed by atoms with Crippen LogP contribution >= 0.6 is 11.6 Å². The molecule has 26 heavy (non-hydrogen) atoms. The molecule has 6 heteroatoms. The summed E-state index contributed by atoms with van der Waals surface area (Å²) in [5.41, 5.74) is 2.20. The normalized spacial score (nSPS) is 18.5. The molecule has 0 spiro atoms. The second kappa shape index (κ2) is 8.09. The van der Waals surface area contributed by atoms with Crippen LogP contribution in [0.3, 0.4) is 0 Å². The summed E-state index contributed by atoms with van der Waals surface area (Å²) in [6, 6.07) is 15.7. The lowest BCUT2D eigenvalue weighted by atomic mass is 10.0. The number of hydrogen-bond donors (Lipinski definition) is 0. The van der Waals surface area contributed by atoms with E-state index < -0.39 is 10.0 Å². The average molecular weight is 393 g/mol. The molecule has 0 bridgehead atoms. The first-order valence-electron chi connectivity index (χ1n) is 8.87. The van der Waals surface area contributed by atoms with E-state index in [9.17, 15) is 8.42 Å². The highest BCUT2D eigenvalue weighted by atomic mass is 35.5. The van der Waals surface area contributed by atoms with Crippen LogP contribution in [0.15, 0.2) is 53.4 Å². The fourth-order valence-corrected chi connectivity index (χ4v) is 4.69. The molecule has 0 amide bonds. The van der Waals surface area contributed by atoms with Crippen molar-refractivity contribution in [2.45, 2.75) is 36.7 Å². The first-order valence-corrected chi connectivity index (χ1v) is 10.7. The molecule has 3 rings (SSSR count). The molecule has 140 valence electrons. The van der Waals surface area contributed by atoms with Gasteiger partial charge in [0, 0.05) is 31.7 Å². The highest BCUT2D eigenvalue weighted by Crippen LogP contribution is 2.27. The monoisotopic (exact) mass is 392 g/mol. The molecular weight excluding hydrogens is 368 g/mol. The van der Waals surface area contributed by atoms with Crippen LogP contribution in [-0.4, -0.2) is 44.3 Å². The van der Waals surface area contributed by atoms with Crippen LogP contribution in [0.5, 0.6) is 0 Å². The van der Waals surface area contributed by atoms with Gasteiger partial charge in [-0.05, 0) is 55.1 Å². The van der Waals surface area contributed by atoms with Gasteiger partial charge in [-0.3, -0.25) is 4.90 Å². The minimum atomic E-state index is -3.40. The van der Waals surface area contributed by atoms with E-state index in [2.05, 4.69) is 11.0 Å². The summed E-state index contributed by atoms with van der Waals surface area (Å²) in [4.78, 5) is 2.78. The van der Waals surface area contributed by atoms with Crippen LogP contribution in [0.4, 0.5) is 0 Å². The van der Waals surface area contributed by atoms with Gasteiger partial charge >= 0.3 is 0 Å². The zero-order valence-electron chi connectivity index (χ0n) is 15.2. The predicted molar refractivity (Wildman–Crippen MR) is 106 cm³/mol. The Morgan fingerprint density at radius 2 is 1.92 bits per heavy atom. The van der Waals surface area contributed by atoms with E-state index in [1.165, 1.54) is 9.87 Å². The summed E-state index contributed by atoms with van der Waals surface area (Å²) >= 11 is 6.32. The van der Waals surface area contributed by atoms with Crippen LogP contribution in [-0.2, 0) is 23.0 Å². The standard InChI is InChI=1S/C20H25ClN2O2S/c1-22(2)26(24,25)19-10-5-7-16(13-19)15-23-12-6-9-18(23)14-17-8-3-4-11-20(17)21/h3-5,7-8,10-11,13,18H,6,9,12,14-15H2,1-2H3. The number of benzene rings is 2. The second-order valence-corrected chi connectivity index (χ2v) is 9.56. The largest absolute Gasteiger partial charge is 0.296 e. The predicted octanol–water partition coefficient (Wildman–Crippen LogP) is 3.80. The topological polar surface area (TPSA) is 40.6 Å². The summed E-state index contributed by atoms with van der Waals surface area (Å²) < 4.78 is 26.0. The molecule has 1 aliphatic heterocycles. The summed E-state index contributed by atoms with van der Waals surface area (Å²) in [6.07, 6.45) is 3.22. The Morgan fingerprint density at radius 3 is 2.65 bits per heavy atom. The van der Waals surface area contributed by atoms with Gasteiger partial charge in [-0.1, -0.05) is 41.9 Å². The molecule has 1 atom stereocenters. The first-order chi connectivity index (χ1) is 12.4. The number of rotatable bonds is 6. The van der Waals surface area contributed by atoms with E-state index in [1.807, 2.05) is 30.3 Å². The Labute approximate surface area is 161 Å². The van der Waals surface area contributed by atoms with Gasteiger partial charge in [-0.25, -0.2) is 12.7 Å². The maximum absolute atomic E-state index is 12.4. The number of sulfonamides is 1. The van der Waals surface area contributed by atoms with E-state index in [1.54, 1.807) is 26.2 Å². The number of nitrogens with zero attached hydrogens (tertiary/aromatic N) is 2. The molecule has 0 aromatic heterocycles. The first kappa shape index (κ1) is 19.4. The minimum absolute atomic E-state index is 0.349. The lowest BCUT2D eigenvalue weighted by Crippen LogP contribution is -2.31. The number of halogens is 1. The third kappa shape index (κ3) is 4.29. The van der Waals surface area contributed by atoms with Gasteiger partial charge in [-0.2, -0.15) is 0 Å². The maximum atomic E-state index is 12.4. The molecule has 1 saturated heterocycles. The van der Waals surface area contributed by atoms with E-state index in [4.69, 9.17) is 11.6 Å². The minimum Gasteiger partial charge on any atom is -0.296 e. The van der Waals surface area contributed by atoms with Gasteiger partial charge in [-0.15, -0.1) is 0 Å². The smallest absolute Gasteiger partial charge is 0.242 e. The van der Waals surface area contributed by atoms with Gasteiger partial charge in [0.25, 0.3) is 0 Å². The summed E-state index contributed by atoms with van der Waals surface area (Å²) in [5, 5.41) is 0.818. The SMILES string of the molecule is CN(C)S(=O)(=O)c1cccc(CN2CCCC2Cc2ccccc2Cl)c1. The zero-order valence-corrected chi connectivity index (χ0v) is 16.8. The van der Waals surface area contributed by atoms with Crippen molar-refractivity contribution in [1.82, 2.24) is 9.21 Å². The molecule has 1 aliphatic rings. The van der Waals surface area contributed by atoms with Gasteiger partial charge in [0.05, 0.1) is 4.90 Å². The quantitative estimate of drug-likeness (QED) is 0.750. The van der Waals surface area contributed by atoms with Crippen LogP contribution in [0.25, 0.3) is 0 Å². The summed E-state index contributed by atoms with van der Waals surface area (Å²) in [7, 11) is -0.288. The van der Waals surface area contributed by atoms with E-state index >= 15 is 0 Å². The van der Waals surface area contributed by atoms with Crippen LogP contribution in [0.1, 0.15) is 24.0 Å². The third-order valence-corrected chi connectivity index (χ3v) is 7.15. The van der Waals surface area contributed by atoms with Crippen molar-refractivity contribution in [3.05, 3.63) is 64.7 Å². The Hall–Kier alpha value is -1.40. The van der Waals surface area contributed by atoms with Crippen molar-refractivity contribution in [3.8, 4) is 0 Å². The third-order valence-electron chi connectivity index (χ3n) is 4.98. The Balaban J connectivity index is 1.75. The Morgan fingerprint density at radius 1 is 1.15 bits per heavy atom. The molecule has 0 aliphatic carbocycles. The van der Waals surface area contributed by atoms with Crippen molar-refractivity contribution in [2.75, 3.05) is 20.6 Å². The van der Waals surface area contributed by atoms with Crippen molar-refractivity contribution >= 4 is 21.6 Å². The molecular formula is C20H25ClN2O2S.